The molecule has 0 saturated carbocycles. The van der Waals surface area contributed by atoms with E-state index in [-0.39, 0.29) is 18.3 Å². The van der Waals surface area contributed by atoms with E-state index < -0.39 is 8.07 Å². The average Bonchev–Trinajstić information content (AvgIpc) is 2.84. The van der Waals surface area contributed by atoms with E-state index in [1.807, 2.05) is 0 Å². The molecule has 152 valence electrons. The molecule has 0 aromatic heterocycles. The minimum absolute atomic E-state index is 0.285. The van der Waals surface area contributed by atoms with Crippen molar-refractivity contribution >= 4 is 20.7 Å². The van der Waals surface area contributed by atoms with Gasteiger partial charge in [0.15, 0.2) is 0 Å². The Morgan fingerprint density at radius 2 is 1.32 bits per heavy atom. The lowest BCUT2D eigenvalue weighted by Crippen LogP contribution is -2.41. The summed E-state index contributed by atoms with van der Waals surface area (Å²) < 4.78 is 12.3. The van der Waals surface area contributed by atoms with Crippen LogP contribution in [0, 0.1) is 0 Å². The van der Waals surface area contributed by atoms with Crippen LogP contribution >= 0.6 is 0 Å². The maximum Gasteiger partial charge on any atom is 0.494 e. The lowest BCUT2D eigenvalue weighted by molar-refractivity contribution is 0.00578. The first-order valence-electron chi connectivity index (χ1n) is 10.5. The Balaban J connectivity index is 1.96. The number of hydrogen-bond donors (Lipinski definition) is 0. The highest BCUT2D eigenvalue weighted by Gasteiger charge is 2.51. The van der Waals surface area contributed by atoms with Crippen molar-refractivity contribution < 1.29 is 9.31 Å². The fraction of sp³-hybridized carbons (Fsp3) is 0.500. The Morgan fingerprint density at radius 3 is 1.75 bits per heavy atom. The second-order valence-electron chi connectivity index (χ2n) is 9.16. The van der Waals surface area contributed by atoms with Crippen LogP contribution in [0.2, 0.25) is 24.2 Å². The molecule has 1 aromatic carbocycles. The van der Waals surface area contributed by atoms with Gasteiger partial charge in [-0.2, -0.15) is 0 Å². The van der Waals surface area contributed by atoms with Gasteiger partial charge in [0.25, 0.3) is 0 Å². The molecule has 0 N–H and O–H groups in total. The molecule has 0 amide bonds. The van der Waals surface area contributed by atoms with Crippen molar-refractivity contribution in [2.45, 2.75) is 75.9 Å². The van der Waals surface area contributed by atoms with Gasteiger partial charge in [0.05, 0.1) is 19.3 Å². The lowest BCUT2D eigenvalue weighted by Gasteiger charge is -2.32. The summed E-state index contributed by atoms with van der Waals surface area (Å²) in [5.41, 5.74) is 1.87. The van der Waals surface area contributed by atoms with Gasteiger partial charge in [-0.05, 0) is 63.3 Å². The number of rotatable bonds is 11. The van der Waals surface area contributed by atoms with Gasteiger partial charge < -0.3 is 9.31 Å². The topological polar surface area (TPSA) is 18.5 Å². The number of benzene rings is 1. The maximum absolute atomic E-state index is 6.15. The Labute approximate surface area is 173 Å². The largest absolute Gasteiger partial charge is 0.494 e. The molecule has 2 nitrogen and oxygen atoms in total. The first-order valence-corrected chi connectivity index (χ1v) is 13.3. The van der Waals surface area contributed by atoms with Crippen molar-refractivity contribution in [3.05, 3.63) is 67.8 Å². The highest BCUT2D eigenvalue weighted by Crippen LogP contribution is 2.36. The van der Waals surface area contributed by atoms with E-state index in [9.17, 15) is 0 Å². The van der Waals surface area contributed by atoms with Crippen LogP contribution in [0.4, 0.5) is 0 Å². The van der Waals surface area contributed by atoms with Crippen molar-refractivity contribution in [3.63, 3.8) is 0 Å². The summed E-state index contributed by atoms with van der Waals surface area (Å²) in [6.45, 7) is 20.3. The van der Waals surface area contributed by atoms with E-state index >= 15 is 0 Å². The molecular formula is C24H37BO2Si. The molecule has 1 aliphatic rings. The van der Waals surface area contributed by atoms with E-state index in [0.29, 0.717) is 0 Å². The Kier molecular flexibility index (Phi) is 7.72. The van der Waals surface area contributed by atoms with Crippen LogP contribution in [-0.2, 0) is 15.7 Å². The molecule has 0 radical (unpaired) electrons. The quantitative estimate of drug-likeness (QED) is 0.341. The SMILES string of the molecule is C=CC[Si](CC=C)(CC=C)CCCc1ccc(B2OC(C)(C)C(C)(C)O2)cc1. The normalized spacial score (nSPS) is 18.1. The highest BCUT2D eigenvalue weighted by atomic mass is 28.3. The molecule has 1 aromatic rings. The summed E-state index contributed by atoms with van der Waals surface area (Å²) in [5, 5.41) is 0. The van der Waals surface area contributed by atoms with E-state index in [0.717, 1.165) is 30.0 Å². The van der Waals surface area contributed by atoms with Crippen LogP contribution in [0.3, 0.4) is 0 Å². The summed E-state index contributed by atoms with van der Waals surface area (Å²) in [7, 11) is -1.69. The lowest BCUT2D eigenvalue weighted by atomic mass is 9.79. The summed E-state index contributed by atoms with van der Waals surface area (Å²) in [6.07, 6.45) is 8.59. The standard InChI is InChI=1S/C24H37BO2Si/c1-8-17-28(18-9-2,19-10-3)20-11-12-21-13-15-22(16-14-21)25-26-23(4,5)24(6,7)27-25/h8-10,13-16H,1-3,11-12,17-20H2,4-7H3. The molecular weight excluding hydrogens is 359 g/mol. The fourth-order valence-corrected chi connectivity index (χ4v) is 7.84. The molecule has 0 spiro atoms. The molecule has 0 unspecified atom stereocenters. The summed E-state index contributed by atoms with van der Waals surface area (Å²) in [4.78, 5) is 0. The van der Waals surface area contributed by atoms with E-state index in [2.05, 4.69) is 89.9 Å². The van der Waals surface area contributed by atoms with Crippen LogP contribution in [0.5, 0.6) is 0 Å². The molecule has 1 heterocycles. The van der Waals surface area contributed by atoms with Gasteiger partial charge in [-0.1, -0.05) is 55.0 Å². The number of allylic oxidation sites excluding steroid dienone is 3. The molecule has 1 fully saturated rings. The van der Waals surface area contributed by atoms with Crippen molar-refractivity contribution in [1.29, 1.82) is 0 Å². The van der Waals surface area contributed by atoms with Gasteiger partial charge in [-0.3, -0.25) is 0 Å². The van der Waals surface area contributed by atoms with Gasteiger partial charge in [-0.25, -0.2) is 0 Å². The molecule has 2 rings (SSSR count). The maximum atomic E-state index is 6.15. The second-order valence-corrected chi connectivity index (χ2v) is 13.9. The average molecular weight is 396 g/mol. The van der Waals surface area contributed by atoms with Gasteiger partial charge in [-0.15, -0.1) is 19.7 Å². The minimum Gasteiger partial charge on any atom is -0.399 e. The monoisotopic (exact) mass is 396 g/mol. The summed E-state index contributed by atoms with van der Waals surface area (Å²) in [5.74, 6) is 0. The zero-order valence-electron chi connectivity index (χ0n) is 18.3. The molecule has 0 atom stereocenters. The van der Waals surface area contributed by atoms with Crippen molar-refractivity contribution in [2.75, 3.05) is 0 Å². The summed E-state index contributed by atoms with van der Waals surface area (Å²) in [6, 6.07) is 13.5. The molecule has 1 saturated heterocycles. The van der Waals surface area contributed by atoms with Crippen LogP contribution < -0.4 is 5.46 Å². The molecule has 4 heteroatoms. The van der Waals surface area contributed by atoms with Crippen molar-refractivity contribution in [3.8, 4) is 0 Å². The summed E-state index contributed by atoms with van der Waals surface area (Å²) >= 11 is 0. The zero-order valence-corrected chi connectivity index (χ0v) is 19.3. The zero-order chi connectivity index (χ0) is 20.8. The number of hydrogen-bond acceptors (Lipinski definition) is 2. The predicted octanol–water partition coefficient (Wildman–Crippen LogP) is 5.93. The highest BCUT2D eigenvalue weighted by molar-refractivity contribution is 6.81. The first kappa shape index (κ1) is 22.9. The van der Waals surface area contributed by atoms with E-state index in [1.165, 1.54) is 18.0 Å². The Hall–Kier alpha value is -1.36. The van der Waals surface area contributed by atoms with Crippen molar-refractivity contribution in [1.82, 2.24) is 0 Å². The van der Waals surface area contributed by atoms with Crippen LogP contribution in [0.25, 0.3) is 0 Å². The van der Waals surface area contributed by atoms with Crippen LogP contribution in [-0.4, -0.2) is 26.4 Å². The van der Waals surface area contributed by atoms with Gasteiger partial charge in [0.1, 0.15) is 0 Å². The Bertz CT molecular complexity index is 636. The third-order valence-corrected chi connectivity index (χ3v) is 11.3. The molecule has 0 bridgehead atoms. The van der Waals surface area contributed by atoms with Gasteiger partial charge in [0.2, 0.25) is 0 Å². The minimum atomic E-state index is -1.41. The third kappa shape index (κ3) is 5.37. The number of aryl methyl sites for hydroxylation is 1. The molecule has 1 aliphatic heterocycles. The molecule has 28 heavy (non-hydrogen) atoms. The van der Waals surface area contributed by atoms with Gasteiger partial charge in [0, 0.05) is 0 Å². The Morgan fingerprint density at radius 1 is 0.857 bits per heavy atom. The van der Waals surface area contributed by atoms with Crippen LogP contribution in [0.15, 0.2) is 62.2 Å². The fourth-order valence-electron chi connectivity index (χ4n) is 3.96. The van der Waals surface area contributed by atoms with E-state index in [4.69, 9.17) is 9.31 Å². The van der Waals surface area contributed by atoms with Gasteiger partial charge >= 0.3 is 7.12 Å². The van der Waals surface area contributed by atoms with E-state index in [1.54, 1.807) is 0 Å². The van der Waals surface area contributed by atoms with Crippen molar-refractivity contribution in [2.24, 2.45) is 0 Å². The smallest absolute Gasteiger partial charge is 0.399 e. The first-order chi connectivity index (χ1) is 13.2. The second kappa shape index (κ2) is 9.43. The van der Waals surface area contributed by atoms with Crippen LogP contribution in [0.1, 0.15) is 39.7 Å². The predicted molar refractivity (Wildman–Crippen MR) is 126 cm³/mol. The molecule has 0 aliphatic carbocycles. The third-order valence-electron chi connectivity index (χ3n) is 6.41.